The van der Waals surface area contributed by atoms with Crippen LogP contribution in [0.2, 0.25) is 0 Å². The minimum Gasteiger partial charge on any atom is -0.424 e. The van der Waals surface area contributed by atoms with Crippen molar-refractivity contribution >= 4 is 0 Å². The van der Waals surface area contributed by atoms with Crippen molar-refractivity contribution in [1.82, 2.24) is 20.0 Å². The van der Waals surface area contributed by atoms with Crippen LogP contribution in [0.15, 0.2) is 4.42 Å². The zero-order valence-electron chi connectivity index (χ0n) is 11.8. The largest absolute Gasteiger partial charge is 0.424 e. The Bertz CT molecular complexity index is 392. The fourth-order valence-electron chi connectivity index (χ4n) is 3.24. The molecule has 2 aliphatic rings. The first kappa shape index (κ1) is 13.1. The highest BCUT2D eigenvalue weighted by molar-refractivity contribution is 4.85. The molecule has 0 bridgehead atoms. The minimum absolute atomic E-state index is 0.750. The molecule has 0 amide bonds. The Balaban J connectivity index is 1.47. The Morgan fingerprint density at radius 2 is 1.74 bits per heavy atom. The van der Waals surface area contributed by atoms with Crippen LogP contribution in [0.25, 0.3) is 0 Å². The summed E-state index contributed by atoms with van der Waals surface area (Å²) in [5, 5.41) is 8.13. The van der Waals surface area contributed by atoms with Crippen molar-refractivity contribution in [3.05, 3.63) is 11.8 Å². The van der Waals surface area contributed by atoms with E-state index in [4.69, 9.17) is 4.42 Å². The number of hydrogen-bond acceptors (Lipinski definition) is 5. The zero-order chi connectivity index (χ0) is 13.1. The first-order chi connectivity index (χ1) is 9.35. The molecule has 1 aromatic heterocycles. The summed E-state index contributed by atoms with van der Waals surface area (Å²) < 4.78 is 5.58. The Hall–Kier alpha value is -0.940. The Morgan fingerprint density at radius 1 is 1.05 bits per heavy atom. The molecule has 0 radical (unpaired) electrons. The molecule has 106 valence electrons. The third-order valence-corrected chi connectivity index (χ3v) is 4.42. The van der Waals surface area contributed by atoms with Gasteiger partial charge in [-0.1, -0.05) is 19.8 Å². The molecular formula is C14H24N4O. The van der Waals surface area contributed by atoms with Gasteiger partial charge < -0.3 is 4.42 Å². The van der Waals surface area contributed by atoms with E-state index < -0.39 is 0 Å². The van der Waals surface area contributed by atoms with Gasteiger partial charge in [0.15, 0.2) is 0 Å². The molecule has 1 aromatic rings. The standard InChI is InChI=1S/C14H24N4O/c1-2-13-15-16-14(19-13)11-17-7-9-18(10-8-17)12-5-3-4-6-12/h12H,2-11H2,1H3. The average molecular weight is 264 g/mol. The van der Waals surface area contributed by atoms with Gasteiger partial charge in [0.1, 0.15) is 0 Å². The van der Waals surface area contributed by atoms with Crippen molar-refractivity contribution in [1.29, 1.82) is 0 Å². The van der Waals surface area contributed by atoms with E-state index in [1.165, 1.54) is 38.8 Å². The van der Waals surface area contributed by atoms with Crippen LogP contribution in [-0.2, 0) is 13.0 Å². The van der Waals surface area contributed by atoms with Crippen LogP contribution >= 0.6 is 0 Å². The fraction of sp³-hybridized carbons (Fsp3) is 0.857. The lowest BCUT2D eigenvalue weighted by Crippen LogP contribution is -2.49. The minimum atomic E-state index is 0.750. The van der Waals surface area contributed by atoms with Crippen LogP contribution in [-0.4, -0.2) is 52.2 Å². The van der Waals surface area contributed by atoms with Gasteiger partial charge >= 0.3 is 0 Å². The van der Waals surface area contributed by atoms with Gasteiger partial charge in [0, 0.05) is 38.6 Å². The number of aryl methyl sites for hydroxylation is 1. The summed E-state index contributed by atoms with van der Waals surface area (Å²) in [4.78, 5) is 5.10. The number of piperazine rings is 1. The molecule has 0 unspecified atom stereocenters. The molecule has 3 rings (SSSR count). The second-order valence-electron chi connectivity index (χ2n) is 5.69. The molecule has 1 saturated carbocycles. The van der Waals surface area contributed by atoms with E-state index in [9.17, 15) is 0 Å². The number of aromatic nitrogens is 2. The van der Waals surface area contributed by atoms with Gasteiger partial charge in [-0.3, -0.25) is 9.80 Å². The predicted molar refractivity (Wildman–Crippen MR) is 72.8 cm³/mol. The van der Waals surface area contributed by atoms with E-state index in [2.05, 4.69) is 20.0 Å². The highest BCUT2D eigenvalue weighted by atomic mass is 16.4. The first-order valence-electron chi connectivity index (χ1n) is 7.63. The van der Waals surface area contributed by atoms with Crippen molar-refractivity contribution < 1.29 is 4.42 Å². The van der Waals surface area contributed by atoms with Crippen molar-refractivity contribution in [3.8, 4) is 0 Å². The van der Waals surface area contributed by atoms with Gasteiger partial charge in [0.05, 0.1) is 6.54 Å². The molecule has 1 aliphatic heterocycles. The Labute approximate surface area is 115 Å². The lowest BCUT2D eigenvalue weighted by molar-refractivity contribution is 0.0880. The molecule has 0 aromatic carbocycles. The third-order valence-electron chi connectivity index (χ3n) is 4.42. The maximum absolute atomic E-state index is 5.58. The summed E-state index contributed by atoms with van der Waals surface area (Å²) in [5.41, 5.74) is 0. The molecule has 5 nitrogen and oxygen atoms in total. The second-order valence-corrected chi connectivity index (χ2v) is 5.69. The highest BCUT2D eigenvalue weighted by Gasteiger charge is 2.26. The second kappa shape index (κ2) is 6.01. The Morgan fingerprint density at radius 3 is 2.37 bits per heavy atom. The van der Waals surface area contributed by atoms with Crippen LogP contribution in [0.3, 0.4) is 0 Å². The van der Waals surface area contributed by atoms with E-state index in [1.807, 2.05) is 6.92 Å². The van der Waals surface area contributed by atoms with E-state index >= 15 is 0 Å². The van der Waals surface area contributed by atoms with Crippen molar-refractivity contribution in [2.45, 2.75) is 51.6 Å². The number of nitrogens with zero attached hydrogens (tertiary/aromatic N) is 4. The lowest BCUT2D eigenvalue weighted by atomic mass is 10.2. The maximum Gasteiger partial charge on any atom is 0.230 e. The van der Waals surface area contributed by atoms with Crippen LogP contribution < -0.4 is 0 Å². The molecule has 0 N–H and O–H groups in total. The van der Waals surface area contributed by atoms with Crippen molar-refractivity contribution in [2.24, 2.45) is 0 Å². The van der Waals surface area contributed by atoms with Crippen LogP contribution in [0.1, 0.15) is 44.4 Å². The molecule has 1 aliphatic carbocycles. The quantitative estimate of drug-likeness (QED) is 0.828. The Kier molecular flexibility index (Phi) is 4.13. The van der Waals surface area contributed by atoms with Crippen molar-refractivity contribution in [3.63, 3.8) is 0 Å². The van der Waals surface area contributed by atoms with Gasteiger partial charge in [0.2, 0.25) is 11.8 Å². The summed E-state index contributed by atoms with van der Waals surface area (Å²) in [6.45, 7) is 7.49. The molecule has 0 atom stereocenters. The summed E-state index contributed by atoms with van der Waals surface area (Å²) in [5.74, 6) is 1.52. The van der Waals surface area contributed by atoms with E-state index in [-0.39, 0.29) is 0 Å². The van der Waals surface area contributed by atoms with Gasteiger partial charge in [0.25, 0.3) is 0 Å². The number of hydrogen-bond donors (Lipinski definition) is 0. The highest BCUT2D eigenvalue weighted by Crippen LogP contribution is 2.24. The smallest absolute Gasteiger partial charge is 0.230 e. The molecule has 2 fully saturated rings. The van der Waals surface area contributed by atoms with E-state index in [1.54, 1.807) is 0 Å². The number of rotatable bonds is 4. The summed E-state index contributed by atoms with van der Waals surface area (Å²) >= 11 is 0. The topological polar surface area (TPSA) is 45.4 Å². The van der Waals surface area contributed by atoms with E-state index in [0.29, 0.717) is 0 Å². The molecule has 5 heteroatoms. The fourth-order valence-corrected chi connectivity index (χ4v) is 3.24. The molecule has 19 heavy (non-hydrogen) atoms. The molecule has 1 saturated heterocycles. The van der Waals surface area contributed by atoms with Gasteiger partial charge in [-0.05, 0) is 12.8 Å². The lowest BCUT2D eigenvalue weighted by Gasteiger charge is -2.37. The normalized spacial score (nSPS) is 23.2. The average Bonchev–Trinajstić information content (AvgIpc) is 3.10. The SMILES string of the molecule is CCc1nnc(CN2CCN(C3CCCC3)CC2)o1. The van der Waals surface area contributed by atoms with Gasteiger partial charge in [-0.15, -0.1) is 10.2 Å². The zero-order valence-corrected chi connectivity index (χ0v) is 11.8. The van der Waals surface area contributed by atoms with Crippen LogP contribution in [0, 0.1) is 0 Å². The van der Waals surface area contributed by atoms with Gasteiger partial charge in [-0.25, -0.2) is 0 Å². The molecule has 0 spiro atoms. The maximum atomic E-state index is 5.58. The predicted octanol–water partition coefficient (Wildman–Crippen LogP) is 1.69. The van der Waals surface area contributed by atoms with Crippen LogP contribution in [0.4, 0.5) is 0 Å². The van der Waals surface area contributed by atoms with Crippen LogP contribution in [0.5, 0.6) is 0 Å². The monoisotopic (exact) mass is 264 g/mol. The van der Waals surface area contributed by atoms with Crippen molar-refractivity contribution in [2.75, 3.05) is 26.2 Å². The third kappa shape index (κ3) is 3.15. The first-order valence-corrected chi connectivity index (χ1v) is 7.63. The van der Waals surface area contributed by atoms with Gasteiger partial charge in [-0.2, -0.15) is 0 Å². The summed E-state index contributed by atoms with van der Waals surface area (Å²) in [6.07, 6.45) is 6.48. The summed E-state index contributed by atoms with van der Waals surface area (Å²) in [7, 11) is 0. The van der Waals surface area contributed by atoms with E-state index in [0.717, 1.165) is 43.9 Å². The molecular weight excluding hydrogens is 240 g/mol. The summed E-state index contributed by atoms with van der Waals surface area (Å²) in [6, 6.07) is 0.859. The molecule has 2 heterocycles.